The summed E-state index contributed by atoms with van der Waals surface area (Å²) in [5.41, 5.74) is 0. The third kappa shape index (κ3) is 1.93. The monoisotopic (exact) mass is 117 g/mol. The zero-order valence-corrected chi connectivity index (χ0v) is 5.14. The maximum Gasteiger partial charge on any atom is 0.209 e. The minimum atomic E-state index is -0.722. The molecule has 0 saturated heterocycles. The van der Waals surface area contributed by atoms with Crippen LogP contribution in [0.4, 0.5) is 0 Å². The normalized spacial score (nSPS) is 12.9. The van der Waals surface area contributed by atoms with E-state index in [1.165, 1.54) is 7.11 Å². The highest BCUT2D eigenvalue weighted by Gasteiger charge is 2.05. The summed E-state index contributed by atoms with van der Waals surface area (Å²) in [5, 5.41) is 15.6. The van der Waals surface area contributed by atoms with E-state index >= 15 is 0 Å². The standard InChI is InChI=1S/C5H11NO2/c1-3-4(7)5(6)8-2/h4,6-7H,3H2,1-2H3. The predicted octanol–water partition coefficient (Wildman–Crippen LogP) is 0.381. The van der Waals surface area contributed by atoms with Crippen LogP contribution >= 0.6 is 0 Å². The van der Waals surface area contributed by atoms with Gasteiger partial charge in [0.15, 0.2) is 0 Å². The Labute approximate surface area is 48.8 Å². The fourth-order valence-electron chi connectivity index (χ4n) is 0.321. The lowest BCUT2D eigenvalue weighted by Crippen LogP contribution is -2.19. The van der Waals surface area contributed by atoms with E-state index in [1.807, 2.05) is 0 Å². The second-order valence-electron chi connectivity index (χ2n) is 1.49. The molecule has 0 rings (SSSR count). The van der Waals surface area contributed by atoms with Crippen molar-refractivity contribution in [1.82, 2.24) is 0 Å². The number of hydrogen-bond acceptors (Lipinski definition) is 3. The van der Waals surface area contributed by atoms with E-state index in [2.05, 4.69) is 4.74 Å². The lowest BCUT2D eigenvalue weighted by Gasteiger charge is -2.05. The van der Waals surface area contributed by atoms with Gasteiger partial charge >= 0.3 is 0 Å². The van der Waals surface area contributed by atoms with Crippen LogP contribution in [0.2, 0.25) is 0 Å². The van der Waals surface area contributed by atoms with Crippen LogP contribution in [-0.2, 0) is 4.74 Å². The molecule has 0 radical (unpaired) electrons. The Bertz CT molecular complexity index is 82.5. The van der Waals surface area contributed by atoms with E-state index in [-0.39, 0.29) is 5.90 Å². The number of methoxy groups -OCH3 is 1. The molecule has 0 heterocycles. The first-order valence-electron chi connectivity index (χ1n) is 2.52. The second kappa shape index (κ2) is 3.43. The maximum absolute atomic E-state index is 8.78. The Kier molecular flexibility index (Phi) is 3.19. The summed E-state index contributed by atoms with van der Waals surface area (Å²) >= 11 is 0. The molecule has 0 amide bonds. The summed E-state index contributed by atoms with van der Waals surface area (Å²) < 4.78 is 4.44. The number of aliphatic hydroxyl groups excluding tert-OH is 1. The van der Waals surface area contributed by atoms with Gasteiger partial charge in [0.2, 0.25) is 5.90 Å². The number of nitrogens with one attached hydrogen (secondary N) is 1. The van der Waals surface area contributed by atoms with E-state index in [9.17, 15) is 0 Å². The summed E-state index contributed by atoms with van der Waals surface area (Å²) in [6, 6.07) is 0. The predicted molar refractivity (Wildman–Crippen MR) is 31.0 cm³/mol. The van der Waals surface area contributed by atoms with Gasteiger partial charge in [-0.3, -0.25) is 5.41 Å². The van der Waals surface area contributed by atoms with Crippen molar-refractivity contribution < 1.29 is 9.84 Å². The molecule has 48 valence electrons. The van der Waals surface area contributed by atoms with Crippen molar-refractivity contribution in [3.8, 4) is 0 Å². The smallest absolute Gasteiger partial charge is 0.209 e. The van der Waals surface area contributed by atoms with Gasteiger partial charge in [0.25, 0.3) is 0 Å². The number of aliphatic hydroxyl groups is 1. The summed E-state index contributed by atoms with van der Waals surface area (Å²) in [6.07, 6.45) is -0.188. The van der Waals surface area contributed by atoms with Crippen molar-refractivity contribution in [2.75, 3.05) is 7.11 Å². The molecule has 8 heavy (non-hydrogen) atoms. The summed E-state index contributed by atoms with van der Waals surface area (Å²) in [7, 11) is 1.38. The molecule has 1 unspecified atom stereocenters. The Hall–Kier alpha value is -0.570. The minimum Gasteiger partial charge on any atom is -0.483 e. The molecule has 2 N–H and O–H groups in total. The topological polar surface area (TPSA) is 53.3 Å². The Morgan fingerprint density at radius 2 is 2.38 bits per heavy atom. The molecule has 0 spiro atoms. The van der Waals surface area contributed by atoms with Crippen LogP contribution in [0.5, 0.6) is 0 Å². The van der Waals surface area contributed by atoms with E-state index in [1.54, 1.807) is 6.92 Å². The van der Waals surface area contributed by atoms with Gasteiger partial charge in [-0.25, -0.2) is 0 Å². The van der Waals surface area contributed by atoms with Gasteiger partial charge in [-0.05, 0) is 6.42 Å². The SMILES string of the molecule is CCC(O)C(=N)OC. The first-order valence-corrected chi connectivity index (χ1v) is 2.52. The first-order chi connectivity index (χ1) is 3.72. The third-order valence-corrected chi connectivity index (χ3v) is 0.909. The van der Waals surface area contributed by atoms with E-state index < -0.39 is 6.10 Å². The van der Waals surface area contributed by atoms with Crippen molar-refractivity contribution >= 4 is 5.90 Å². The van der Waals surface area contributed by atoms with Gasteiger partial charge in [0, 0.05) is 0 Å². The third-order valence-electron chi connectivity index (χ3n) is 0.909. The lowest BCUT2D eigenvalue weighted by molar-refractivity contribution is 0.198. The number of hydrogen-bond donors (Lipinski definition) is 2. The van der Waals surface area contributed by atoms with Crippen molar-refractivity contribution in [1.29, 1.82) is 5.41 Å². The van der Waals surface area contributed by atoms with Gasteiger partial charge in [-0.2, -0.15) is 0 Å². The highest BCUT2D eigenvalue weighted by atomic mass is 16.5. The highest BCUT2D eigenvalue weighted by Crippen LogP contribution is 1.91. The molecule has 0 saturated carbocycles. The quantitative estimate of drug-likeness (QED) is 0.406. The fourth-order valence-corrected chi connectivity index (χ4v) is 0.321. The molecule has 0 aliphatic rings. The van der Waals surface area contributed by atoms with Crippen molar-refractivity contribution in [3.05, 3.63) is 0 Å². The first kappa shape index (κ1) is 7.43. The van der Waals surface area contributed by atoms with Crippen LogP contribution in [0.25, 0.3) is 0 Å². The van der Waals surface area contributed by atoms with Crippen molar-refractivity contribution in [2.24, 2.45) is 0 Å². The molecule has 3 nitrogen and oxygen atoms in total. The second-order valence-corrected chi connectivity index (χ2v) is 1.49. The molecule has 0 aromatic rings. The lowest BCUT2D eigenvalue weighted by atomic mass is 10.3. The Morgan fingerprint density at radius 3 is 2.50 bits per heavy atom. The average molecular weight is 117 g/mol. The molecule has 0 fully saturated rings. The zero-order chi connectivity index (χ0) is 6.57. The molecular weight excluding hydrogens is 106 g/mol. The average Bonchev–Trinajstić information content (AvgIpc) is 1.84. The molecule has 3 heteroatoms. The fraction of sp³-hybridized carbons (Fsp3) is 0.800. The molecule has 0 aromatic carbocycles. The van der Waals surface area contributed by atoms with Crippen LogP contribution in [0.1, 0.15) is 13.3 Å². The molecule has 0 aliphatic carbocycles. The molecule has 0 aliphatic heterocycles. The zero-order valence-electron chi connectivity index (χ0n) is 5.14. The summed E-state index contributed by atoms with van der Waals surface area (Å²) in [6.45, 7) is 1.79. The van der Waals surface area contributed by atoms with E-state index in [0.29, 0.717) is 6.42 Å². The van der Waals surface area contributed by atoms with Gasteiger partial charge in [0.1, 0.15) is 6.10 Å². The van der Waals surface area contributed by atoms with Crippen LogP contribution < -0.4 is 0 Å². The van der Waals surface area contributed by atoms with Crippen LogP contribution in [0.3, 0.4) is 0 Å². The largest absolute Gasteiger partial charge is 0.483 e. The highest BCUT2D eigenvalue weighted by molar-refractivity contribution is 5.76. The van der Waals surface area contributed by atoms with Crippen LogP contribution in [0.15, 0.2) is 0 Å². The minimum absolute atomic E-state index is 0.0625. The van der Waals surface area contributed by atoms with Crippen LogP contribution in [0, 0.1) is 5.41 Å². The van der Waals surface area contributed by atoms with Gasteiger partial charge < -0.3 is 9.84 Å². The van der Waals surface area contributed by atoms with Crippen molar-refractivity contribution in [2.45, 2.75) is 19.4 Å². The van der Waals surface area contributed by atoms with Crippen molar-refractivity contribution in [3.63, 3.8) is 0 Å². The van der Waals surface area contributed by atoms with Gasteiger partial charge in [-0.15, -0.1) is 0 Å². The van der Waals surface area contributed by atoms with Gasteiger partial charge in [-0.1, -0.05) is 6.92 Å². The summed E-state index contributed by atoms with van der Waals surface area (Å²) in [4.78, 5) is 0. The Balaban J connectivity index is 3.46. The molecular formula is C5H11NO2. The Morgan fingerprint density at radius 1 is 1.88 bits per heavy atom. The number of rotatable bonds is 2. The van der Waals surface area contributed by atoms with Crippen LogP contribution in [-0.4, -0.2) is 24.2 Å². The molecule has 0 bridgehead atoms. The molecule has 0 aromatic heterocycles. The van der Waals surface area contributed by atoms with E-state index in [0.717, 1.165) is 0 Å². The number of ether oxygens (including phenoxy) is 1. The van der Waals surface area contributed by atoms with E-state index in [4.69, 9.17) is 10.5 Å². The summed E-state index contributed by atoms with van der Waals surface area (Å²) in [5.74, 6) is -0.0625. The maximum atomic E-state index is 8.78. The molecule has 1 atom stereocenters. The van der Waals surface area contributed by atoms with Gasteiger partial charge in [0.05, 0.1) is 7.11 Å².